The molecule has 2 fully saturated rings. The smallest absolute Gasteiger partial charge is 0.229 e. The first-order valence-electron chi connectivity index (χ1n) is 10.6. The number of amides is 2. The van der Waals surface area contributed by atoms with Crippen molar-refractivity contribution in [2.75, 3.05) is 36.5 Å². The number of pyridine rings is 1. The molecule has 4 heterocycles. The molecule has 0 aliphatic carbocycles. The minimum atomic E-state index is -0.0863. The van der Waals surface area contributed by atoms with Crippen LogP contribution in [0.1, 0.15) is 30.6 Å². The van der Waals surface area contributed by atoms with Gasteiger partial charge >= 0.3 is 0 Å². The van der Waals surface area contributed by atoms with E-state index in [1.54, 1.807) is 17.5 Å². The van der Waals surface area contributed by atoms with Gasteiger partial charge in [-0.15, -0.1) is 11.3 Å². The van der Waals surface area contributed by atoms with E-state index in [1.165, 1.54) is 0 Å². The van der Waals surface area contributed by atoms with Crippen LogP contribution in [0.5, 0.6) is 0 Å². The van der Waals surface area contributed by atoms with Crippen molar-refractivity contribution in [2.45, 2.75) is 38.2 Å². The van der Waals surface area contributed by atoms with Crippen LogP contribution >= 0.6 is 11.3 Å². The number of thiophene rings is 1. The topological polar surface area (TPSA) is 83.6 Å². The number of rotatable bonds is 7. The van der Waals surface area contributed by atoms with Gasteiger partial charge in [0.15, 0.2) is 5.82 Å². The SMILES string of the molecule is O=C(Cc1cccs1)Nc1cccnc1N1CCCC(C(=O)NCC2CCCO2)C1. The van der Waals surface area contributed by atoms with Crippen molar-refractivity contribution in [3.63, 3.8) is 0 Å². The molecular formula is C22H28N4O3S. The van der Waals surface area contributed by atoms with Crippen LogP contribution in [0.15, 0.2) is 35.8 Å². The molecule has 0 saturated carbocycles. The van der Waals surface area contributed by atoms with Gasteiger partial charge in [0.1, 0.15) is 0 Å². The molecule has 30 heavy (non-hydrogen) atoms. The highest BCUT2D eigenvalue weighted by Crippen LogP contribution is 2.28. The molecule has 0 radical (unpaired) electrons. The molecule has 2 aromatic heterocycles. The van der Waals surface area contributed by atoms with E-state index >= 15 is 0 Å². The molecule has 2 atom stereocenters. The Bertz CT molecular complexity index is 852. The molecule has 8 heteroatoms. The van der Waals surface area contributed by atoms with E-state index in [4.69, 9.17) is 4.74 Å². The number of hydrogen-bond donors (Lipinski definition) is 2. The van der Waals surface area contributed by atoms with Gasteiger partial charge in [0, 0.05) is 37.3 Å². The van der Waals surface area contributed by atoms with Gasteiger partial charge in [0.2, 0.25) is 11.8 Å². The summed E-state index contributed by atoms with van der Waals surface area (Å²) in [6.45, 7) is 2.80. The number of carbonyl (C=O) groups excluding carboxylic acids is 2. The zero-order valence-electron chi connectivity index (χ0n) is 17.0. The number of hydrogen-bond acceptors (Lipinski definition) is 6. The lowest BCUT2D eigenvalue weighted by atomic mass is 9.97. The number of nitrogens with zero attached hydrogens (tertiary/aromatic N) is 2. The summed E-state index contributed by atoms with van der Waals surface area (Å²) in [6, 6.07) is 7.59. The fourth-order valence-electron chi connectivity index (χ4n) is 4.06. The summed E-state index contributed by atoms with van der Waals surface area (Å²) in [6.07, 6.45) is 6.08. The quantitative estimate of drug-likeness (QED) is 0.709. The average Bonchev–Trinajstić information content (AvgIpc) is 3.47. The minimum absolute atomic E-state index is 0.0606. The van der Waals surface area contributed by atoms with Gasteiger partial charge in [-0.3, -0.25) is 9.59 Å². The standard InChI is InChI=1S/C22H28N4O3S/c27-20(13-18-7-4-12-30-18)25-19-8-1-9-23-21(19)26-10-2-5-16(15-26)22(28)24-14-17-6-3-11-29-17/h1,4,7-9,12,16-17H,2-3,5-6,10-11,13-15H2,(H,24,28)(H,25,27). The Morgan fingerprint density at radius 2 is 2.17 bits per heavy atom. The molecule has 7 nitrogen and oxygen atoms in total. The number of anilines is 2. The van der Waals surface area contributed by atoms with Crippen molar-refractivity contribution in [1.29, 1.82) is 0 Å². The first-order chi connectivity index (χ1) is 14.7. The summed E-state index contributed by atoms with van der Waals surface area (Å²) in [5.74, 6) is 0.662. The highest BCUT2D eigenvalue weighted by molar-refractivity contribution is 7.10. The van der Waals surface area contributed by atoms with Crippen LogP contribution in [0, 0.1) is 5.92 Å². The lowest BCUT2D eigenvalue weighted by molar-refractivity contribution is -0.125. The summed E-state index contributed by atoms with van der Waals surface area (Å²) < 4.78 is 5.60. The average molecular weight is 429 g/mol. The molecule has 0 aromatic carbocycles. The zero-order chi connectivity index (χ0) is 20.8. The zero-order valence-corrected chi connectivity index (χ0v) is 17.8. The highest BCUT2D eigenvalue weighted by Gasteiger charge is 2.28. The van der Waals surface area contributed by atoms with Crippen molar-refractivity contribution in [1.82, 2.24) is 10.3 Å². The van der Waals surface area contributed by atoms with Crippen molar-refractivity contribution in [2.24, 2.45) is 5.92 Å². The van der Waals surface area contributed by atoms with Crippen LogP contribution in [0.2, 0.25) is 0 Å². The second-order valence-electron chi connectivity index (χ2n) is 7.84. The summed E-state index contributed by atoms with van der Waals surface area (Å²) in [4.78, 5) is 32.8. The van der Waals surface area contributed by atoms with E-state index in [-0.39, 0.29) is 23.8 Å². The van der Waals surface area contributed by atoms with Crippen molar-refractivity contribution in [3.8, 4) is 0 Å². The van der Waals surface area contributed by atoms with Gasteiger partial charge in [-0.2, -0.15) is 0 Å². The maximum absolute atomic E-state index is 12.7. The van der Waals surface area contributed by atoms with E-state index in [0.29, 0.717) is 25.2 Å². The Balaban J connectivity index is 1.37. The van der Waals surface area contributed by atoms with Crippen molar-refractivity contribution >= 4 is 34.7 Å². The highest BCUT2D eigenvalue weighted by atomic mass is 32.1. The summed E-state index contributed by atoms with van der Waals surface area (Å²) in [5, 5.41) is 8.03. The lowest BCUT2D eigenvalue weighted by Gasteiger charge is -2.34. The Hall–Kier alpha value is -2.45. The fourth-order valence-corrected chi connectivity index (χ4v) is 4.76. The van der Waals surface area contributed by atoms with Gasteiger partial charge in [-0.05, 0) is 49.3 Å². The predicted octanol–water partition coefficient (Wildman–Crippen LogP) is 2.84. The molecule has 0 bridgehead atoms. The Labute approximate surface area is 180 Å². The molecule has 2 aromatic rings. The summed E-state index contributed by atoms with van der Waals surface area (Å²) in [7, 11) is 0. The first kappa shape index (κ1) is 20.8. The second kappa shape index (κ2) is 10.0. The lowest BCUT2D eigenvalue weighted by Crippen LogP contribution is -2.45. The number of carbonyl (C=O) groups is 2. The molecule has 2 saturated heterocycles. The Morgan fingerprint density at radius 3 is 2.97 bits per heavy atom. The largest absolute Gasteiger partial charge is 0.376 e. The van der Waals surface area contributed by atoms with Crippen molar-refractivity contribution in [3.05, 3.63) is 40.7 Å². The van der Waals surface area contributed by atoms with Gasteiger partial charge in [0.25, 0.3) is 0 Å². The molecule has 2 aliphatic rings. The second-order valence-corrected chi connectivity index (χ2v) is 8.88. The molecular weight excluding hydrogens is 400 g/mol. The number of ether oxygens (including phenoxy) is 1. The first-order valence-corrected chi connectivity index (χ1v) is 11.5. The summed E-state index contributed by atoms with van der Waals surface area (Å²) >= 11 is 1.57. The van der Waals surface area contributed by atoms with E-state index in [2.05, 4.69) is 20.5 Å². The van der Waals surface area contributed by atoms with Gasteiger partial charge in [-0.1, -0.05) is 6.07 Å². The van der Waals surface area contributed by atoms with E-state index < -0.39 is 0 Å². The third kappa shape index (κ3) is 5.37. The van der Waals surface area contributed by atoms with Crippen LogP contribution < -0.4 is 15.5 Å². The molecule has 4 rings (SSSR count). The van der Waals surface area contributed by atoms with Gasteiger partial charge in [-0.25, -0.2) is 4.98 Å². The fraction of sp³-hybridized carbons (Fsp3) is 0.500. The molecule has 2 amide bonds. The van der Waals surface area contributed by atoms with E-state index in [9.17, 15) is 9.59 Å². The Kier molecular flexibility index (Phi) is 6.96. The maximum atomic E-state index is 12.7. The molecule has 2 N–H and O–H groups in total. The van der Waals surface area contributed by atoms with Gasteiger partial charge in [0.05, 0.1) is 24.1 Å². The summed E-state index contributed by atoms with van der Waals surface area (Å²) in [5.41, 5.74) is 0.694. The van der Waals surface area contributed by atoms with Crippen LogP contribution in [-0.4, -0.2) is 49.1 Å². The molecule has 160 valence electrons. The molecule has 2 aliphatic heterocycles. The maximum Gasteiger partial charge on any atom is 0.229 e. The van der Waals surface area contributed by atoms with E-state index in [1.807, 2.05) is 29.6 Å². The number of aromatic nitrogens is 1. The minimum Gasteiger partial charge on any atom is -0.376 e. The number of nitrogens with one attached hydrogen (secondary N) is 2. The molecule has 2 unspecified atom stereocenters. The van der Waals surface area contributed by atoms with Crippen molar-refractivity contribution < 1.29 is 14.3 Å². The monoisotopic (exact) mass is 428 g/mol. The Morgan fingerprint density at radius 1 is 1.23 bits per heavy atom. The normalized spacial score (nSPS) is 21.4. The van der Waals surface area contributed by atoms with Crippen LogP contribution in [0.3, 0.4) is 0 Å². The van der Waals surface area contributed by atoms with Crippen LogP contribution in [0.4, 0.5) is 11.5 Å². The van der Waals surface area contributed by atoms with E-state index in [0.717, 1.165) is 49.5 Å². The van der Waals surface area contributed by atoms with Gasteiger partial charge < -0.3 is 20.3 Å². The third-order valence-electron chi connectivity index (χ3n) is 5.60. The molecule has 0 spiro atoms. The van der Waals surface area contributed by atoms with Crippen LogP contribution in [-0.2, 0) is 20.7 Å². The predicted molar refractivity (Wildman–Crippen MR) is 118 cm³/mol. The van der Waals surface area contributed by atoms with Crippen LogP contribution in [0.25, 0.3) is 0 Å². The third-order valence-corrected chi connectivity index (χ3v) is 6.47. The number of piperidine rings is 1.